The van der Waals surface area contributed by atoms with E-state index in [-0.39, 0.29) is 18.9 Å². The molecule has 19 heteroatoms. The van der Waals surface area contributed by atoms with Crippen LogP contribution in [-0.2, 0) is 33.2 Å². The van der Waals surface area contributed by atoms with Crippen LogP contribution in [-0.4, -0.2) is 193 Å². The molecule has 0 spiro atoms. The Balaban J connectivity index is 1.36. The van der Waals surface area contributed by atoms with Crippen LogP contribution in [0.25, 0.3) is 0 Å². The van der Waals surface area contributed by atoms with Crippen LogP contribution in [0.5, 0.6) is 0 Å². The van der Waals surface area contributed by atoms with Gasteiger partial charge in [-0.05, 0) is 12.8 Å². The van der Waals surface area contributed by atoms with Crippen molar-refractivity contribution in [3.05, 3.63) is 0 Å². The van der Waals surface area contributed by atoms with E-state index in [1.807, 2.05) is 0 Å². The third-order valence-electron chi connectivity index (χ3n) is 16.2. The molecule has 0 aromatic rings. The predicted molar refractivity (Wildman–Crippen MR) is 296 cm³/mol. The molecule has 1 amide bonds. The van der Waals surface area contributed by atoms with Crippen LogP contribution in [0.3, 0.4) is 0 Å². The number of amides is 1. The van der Waals surface area contributed by atoms with Gasteiger partial charge in [-0.3, -0.25) is 4.79 Å². The number of nitrogens with one attached hydrogen (secondary N) is 1. The molecule has 462 valence electrons. The van der Waals surface area contributed by atoms with Crippen molar-refractivity contribution < 1.29 is 89.4 Å². The highest BCUT2D eigenvalue weighted by atomic mass is 16.8. The van der Waals surface area contributed by atoms with E-state index in [0.717, 1.165) is 57.8 Å². The Hall–Kier alpha value is -1.21. The molecule has 3 heterocycles. The molecule has 0 saturated carbocycles. The molecule has 0 aliphatic carbocycles. The van der Waals surface area contributed by atoms with Gasteiger partial charge in [-0.2, -0.15) is 0 Å². The molecule has 12 N–H and O–H groups in total. The number of rotatable bonds is 47. The molecule has 0 bridgehead atoms. The lowest BCUT2D eigenvalue weighted by Gasteiger charge is -2.48. The molecule has 3 saturated heterocycles. The molecule has 78 heavy (non-hydrogen) atoms. The first kappa shape index (κ1) is 71.1. The zero-order valence-corrected chi connectivity index (χ0v) is 48.2. The van der Waals surface area contributed by atoms with Gasteiger partial charge in [0.25, 0.3) is 0 Å². The summed E-state index contributed by atoms with van der Waals surface area (Å²) in [7, 11) is 0. The van der Waals surface area contributed by atoms with Gasteiger partial charge in [-0.25, -0.2) is 0 Å². The Bertz CT molecular complexity index is 1440. The normalized spacial score (nSPS) is 30.4. The number of ether oxygens (including phenoxy) is 6. The maximum absolute atomic E-state index is 13.3. The molecular weight excluding hydrogens is 1010 g/mol. The number of aliphatic hydroxyl groups is 11. The minimum atomic E-state index is -1.97. The molecule has 3 fully saturated rings. The molecule has 19 nitrogen and oxygen atoms in total. The highest BCUT2D eigenvalue weighted by molar-refractivity contribution is 5.76. The van der Waals surface area contributed by atoms with E-state index in [4.69, 9.17) is 28.4 Å². The lowest BCUT2D eigenvalue weighted by molar-refractivity contribution is -0.379. The smallest absolute Gasteiger partial charge is 0.220 e. The van der Waals surface area contributed by atoms with Crippen molar-refractivity contribution in [1.82, 2.24) is 5.32 Å². The van der Waals surface area contributed by atoms with Crippen LogP contribution in [0.15, 0.2) is 0 Å². The average Bonchev–Trinajstić information content (AvgIpc) is 3.45. The molecule has 3 rings (SSSR count). The number of carbonyl (C=O) groups is 1. The Morgan fingerprint density at radius 2 is 0.731 bits per heavy atom. The standard InChI is InChI=1S/C59H113NO18/c1-3-5-7-9-11-12-13-14-15-16-17-18-19-20-21-22-23-24-25-26-27-28-29-31-33-35-37-47(65)60-42(43(64)36-34-32-30-10-8-6-4-2)41-73-57-53(71)50(68)55(45(39-62)75-57)78-59-54(72)51(69)56(46(40-63)76-59)77-58-52(70)49(67)48(66)44(38-61)74-58/h42-46,48-59,61-64,66-72H,3-41H2,1-2H3,(H,60,65). The zero-order valence-electron chi connectivity index (χ0n) is 48.2. The summed E-state index contributed by atoms with van der Waals surface area (Å²) in [5, 5.41) is 120. The highest BCUT2D eigenvalue weighted by Crippen LogP contribution is 2.33. The fourth-order valence-electron chi connectivity index (χ4n) is 11.0. The molecular formula is C59H113NO18. The first-order valence-corrected chi connectivity index (χ1v) is 31.3. The summed E-state index contributed by atoms with van der Waals surface area (Å²) in [5.41, 5.74) is 0. The predicted octanol–water partition coefficient (Wildman–Crippen LogP) is 5.99. The lowest BCUT2D eigenvalue weighted by Crippen LogP contribution is -2.66. The van der Waals surface area contributed by atoms with Crippen molar-refractivity contribution in [2.75, 3.05) is 26.4 Å². The van der Waals surface area contributed by atoms with Crippen molar-refractivity contribution in [2.24, 2.45) is 0 Å². The van der Waals surface area contributed by atoms with Crippen molar-refractivity contribution in [3.63, 3.8) is 0 Å². The maximum atomic E-state index is 13.3. The summed E-state index contributed by atoms with van der Waals surface area (Å²) in [6.45, 7) is 1.75. The summed E-state index contributed by atoms with van der Waals surface area (Å²) in [6, 6.07) is -0.878. The summed E-state index contributed by atoms with van der Waals surface area (Å²) >= 11 is 0. The molecule has 3 aliphatic heterocycles. The van der Waals surface area contributed by atoms with E-state index in [0.29, 0.717) is 12.8 Å². The van der Waals surface area contributed by atoms with Gasteiger partial charge in [-0.1, -0.05) is 219 Å². The minimum Gasteiger partial charge on any atom is -0.394 e. The number of hydrogen-bond donors (Lipinski definition) is 12. The number of aliphatic hydroxyl groups excluding tert-OH is 11. The van der Waals surface area contributed by atoms with E-state index in [2.05, 4.69) is 19.2 Å². The third kappa shape index (κ3) is 27.0. The van der Waals surface area contributed by atoms with Crippen molar-refractivity contribution in [3.8, 4) is 0 Å². The van der Waals surface area contributed by atoms with Gasteiger partial charge < -0.3 is 89.9 Å². The third-order valence-corrected chi connectivity index (χ3v) is 16.2. The van der Waals surface area contributed by atoms with Crippen molar-refractivity contribution in [2.45, 2.75) is 343 Å². The van der Waals surface area contributed by atoms with Crippen LogP contribution in [0, 0.1) is 0 Å². The second-order valence-corrected chi connectivity index (χ2v) is 22.9. The van der Waals surface area contributed by atoms with E-state index in [1.165, 1.54) is 148 Å². The SMILES string of the molecule is CCCCCCCCCCCCCCCCCCCCCCCCCCCCC(=O)NC(COC1OC(CO)C(OC2OC(CO)C(OC3OC(CO)C(O)C(O)C3O)C(O)C2O)C(O)C1O)C(O)CCCCCCCCC. The van der Waals surface area contributed by atoms with Crippen LogP contribution < -0.4 is 5.32 Å². The van der Waals surface area contributed by atoms with Gasteiger partial charge in [-0.15, -0.1) is 0 Å². The molecule has 0 aromatic heterocycles. The van der Waals surface area contributed by atoms with Crippen LogP contribution in [0.2, 0.25) is 0 Å². The van der Waals surface area contributed by atoms with Gasteiger partial charge >= 0.3 is 0 Å². The summed E-state index contributed by atoms with van der Waals surface area (Å²) in [5.74, 6) is -0.242. The topological polar surface area (TPSA) is 307 Å². The quantitative estimate of drug-likeness (QED) is 0.0312. The van der Waals surface area contributed by atoms with E-state index in [9.17, 15) is 61.0 Å². The van der Waals surface area contributed by atoms with E-state index >= 15 is 0 Å². The number of carbonyl (C=O) groups excluding carboxylic acids is 1. The lowest BCUT2D eigenvalue weighted by atomic mass is 9.96. The van der Waals surface area contributed by atoms with Gasteiger partial charge in [0.15, 0.2) is 18.9 Å². The first-order chi connectivity index (χ1) is 37.8. The first-order valence-electron chi connectivity index (χ1n) is 31.3. The molecule has 0 radical (unpaired) electrons. The highest BCUT2D eigenvalue weighted by Gasteiger charge is 2.53. The van der Waals surface area contributed by atoms with E-state index in [1.54, 1.807) is 0 Å². The van der Waals surface area contributed by atoms with Gasteiger partial charge in [0.2, 0.25) is 5.91 Å². The van der Waals surface area contributed by atoms with Crippen molar-refractivity contribution >= 4 is 5.91 Å². The Labute approximate surface area is 468 Å². The van der Waals surface area contributed by atoms with Crippen LogP contribution in [0.1, 0.15) is 239 Å². The van der Waals surface area contributed by atoms with Crippen LogP contribution >= 0.6 is 0 Å². The van der Waals surface area contributed by atoms with Gasteiger partial charge in [0.05, 0.1) is 38.6 Å². The second kappa shape index (κ2) is 43.4. The average molecular weight is 1120 g/mol. The maximum Gasteiger partial charge on any atom is 0.220 e. The Kier molecular flexibility index (Phi) is 39.6. The van der Waals surface area contributed by atoms with E-state index < -0.39 is 124 Å². The molecule has 17 atom stereocenters. The van der Waals surface area contributed by atoms with Gasteiger partial charge in [0, 0.05) is 6.42 Å². The monoisotopic (exact) mass is 1120 g/mol. The van der Waals surface area contributed by atoms with Crippen LogP contribution in [0.4, 0.5) is 0 Å². The summed E-state index contributed by atoms with van der Waals surface area (Å²) in [4.78, 5) is 13.3. The molecule has 0 aromatic carbocycles. The number of hydrogen-bond acceptors (Lipinski definition) is 18. The number of unbranched alkanes of at least 4 members (excludes halogenated alkanes) is 31. The molecule has 17 unspecified atom stereocenters. The Morgan fingerprint density at radius 3 is 1.12 bits per heavy atom. The summed E-state index contributed by atoms with van der Waals surface area (Å²) < 4.78 is 34.2. The minimum absolute atomic E-state index is 0.242. The largest absolute Gasteiger partial charge is 0.394 e. The Morgan fingerprint density at radius 1 is 0.410 bits per heavy atom. The van der Waals surface area contributed by atoms with Crippen molar-refractivity contribution in [1.29, 1.82) is 0 Å². The summed E-state index contributed by atoms with van der Waals surface area (Å²) in [6.07, 6.45) is 15.4. The molecule has 3 aliphatic rings. The fraction of sp³-hybridized carbons (Fsp3) is 0.983. The zero-order chi connectivity index (χ0) is 56.9. The fourth-order valence-corrected chi connectivity index (χ4v) is 11.0. The second-order valence-electron chi connectivity index (χ2n) is 22.9. The van der Waals surface area contributed by atoms with Gasteiger partial charge in [0.1, 0.15) is 73.2 Å².